The van der Waals surface area contributed by atoms with Gasteiger partial charge < -0.3 is 9.72 Å². The second-order valence-electron chi connectivity index (χ2n) is 4.38. The fourth-order valence-corrected chi connectivity index (χ4v) is 2.07. The molecule has 1 aliphatic heterocycles. The van der Waals surface area contributed by atoms with Gasteiger partial charge in [-0.1, -0.05) is 13.3 Å². The molecule has 1 saturated heterocycles. The molecule has 1 aromatic rings. The third kappa shape index (κ3) is 2.50. The van der Waals surface area contributed by atoms with Crippen LogP contribution in [-0.2, 0) is 11.2 Å². The summed E-state index contributed by atoms with van der Waals surface area (Å²) in [5.74, 6) is 0.695. The topological polar surface area (TPSA) is 55.0 Å². The Labute approximate surface area is 95.1 Å². The Bertz CT molecular complexity index is 414. The molecule has 4 nitrogen and oxygen atoms in total. The molecule has 88 valence electrons. The van der Waals surface area contributed by atoms with Crippen LogP contribution in [-0.4, -0.2) is 16.1 Å². The maximum absolute atomic E-state index is 11.5. The Morgan fingerprint density at radius 1 is 1.56 bits per heavy atom. The van der Waals surface area contributed by atoms with Crippen LogP contribution in [0.15, 0.2) is 10.9 Å². The Morgan fingerprint density at radius 2 is 2.38 bits per heavy atom. The maximum Gasteiger partial charge on any atom is 0.251 e. The fourth-order valence-electron chi connectivity index (χ4n) is 2.07. The van der Waals surface area contributed by atoms with Crippen LogP contribution >= 0.6 is 0 Å². The van der Waals surface area contributed by atoms with Crippen molar-refractivity contribution in [3.63, 3.8) is 0 Å². The second-order valence-corrected chi connectivity index (χ2v) is 4.38. The minimum Gasteiger partial charge on any atom is -0.367 e. The average molecular weight is 222 g/mol. The number of aromatic amines is 1. The zero-order chi connectivity index (χ0) is 11.5. The second kappa shape index (κ2) is 4.78. The Kier molecular flexibility index (Phi) is 3.39. The van der Waals surface area contributed by atoms with Crippen LogP contribution < -0.4 is 5.56 Å². The Hall–Kier alpha value is -1.16. The van der Waals surface area contributed by atoms with E-state index in [0.29, 0.717) is 5.82 Å². The van der Waals surface area contributed by atoms with Crippen molar-refractivity contribution < 1.29 is 4.74 Å². The molecule has 1 aliphatic rings. The molecule has 16 heavy (non-hydrogen) atoms. The van der Waals surface area contributed by atoms with Gasteiger partial charge in [-0.3, -0.25) is 4.79 Å². The van der Waals surface area contributed by atoms with Gasteiger partial charge >= 0.3 is 0 Å². The summed E-state index contributed by atoms with van der Waals surface area (Å²) < 4.78 is 5.70. The standard InChI is InChI=1S/C12H18N2O2/c1-3-4-9-7-11(15)14-12(13-9)10-6-5-8(2)16-10/h7-8,10H,3-6H2,1-2H3,(H,13,14,15). The first-order valence-electron chi connectivity index (χ1n) is 5.94. The largest absolute Gasteiger partial charge is 0.367 e. The van der Waals surface area contributed by atoms with E-state index in [4.69, 9.17) is 4.74 Å². The van der Waals surface area contributed by atoms with Crippen molar-refractivity contribution >= 4 is 0 Å². The molecule has 2 rings (SSSR count). The molecule has 0 saturated carbocycles. The molecule has 0 bridgehead atoms. The van der Waals surface area contributed by atoms with Gasteiger partial charge in [-0.2, -0.15) is 0 Å². The summed E-state index contributed by atoms with van der Waals surface area (Å²) in [4.78, 5) is 18.7. The third-order valence-corrected chi connectivity index (χ3v) is 2.86. The maximum atomic E-state index is 11.5. The molecule has 4 heteroatoms. The molecule has 0 amide bonds. The van der Waals surface area contributed by atoms with Gasteiger partial charge in [0, 0.05) is 11.8 Å². The van der Waals surface area contributed by atoms with Gasteiger partial charge in [0.05, 0.1) is 6.10 Å². The highest BCUT2D eigenvalue weighted by Gasteiger charge is 2.25. The smallest absolute Gasteiger partial charge is 0.251 e. The van der Waals surface area contributed by atoms with E-state index >= 15 is 0 Å². The minimum atomic E-state index is -0.0726. The highest BCUT2D eigenvalue weighted by atomic mass is 16.5. The molecule has 0 aliphatic carbocycles. The summed E-state index contributed by atoms with van der Waals surface area (Å²) in [6.07, 6.45) is 4.06. The van der Waals surface area contributed by atoms with Crippen molar-refractivity contribution in [2.24, 2.45) is 0 Å². The van der Waals surface area contributed by atoms with E-state index in [1.165, 1.54) is 0 Å². The number of nitrogens with zero attached hydrogens (tertiary/aromatic N) is 1. The lowest BCUT2D eigenvalue weighted by Crippen LogP contribution is -2.16. The van der Waals surface area contributed by atoms with Crippen LogP contribution in [0.2, 0.25) is 0 Å². The van der Waals surface area contributed by atoms with E-state index in [1.54, 1.807) is 6.07 Å². The molecule has 2 heterocycles. The van der Waals surface area contributed by atoms with E-state index < -0.39 is 0 Å². The van der Waals surface area contributed by atoms with Gasteiger partial charge in [0.25, 0.3) is 5.56 Å². The molecule has 0 aromatic carbocycles. The van der Waals surface area contributed by atoms with Gasteiger partial charge in [0.2, 0.25) is 0 Å². The lowest BCUT2D eigenvalue weighted by molar-refractivity contribution is 0.0500. The monoisotopic (exact) mass is 222 g/mol. The summed E-state index contributed by atoms with van der Waals surface area (Å²) in [6, 6.07) is 1.57. The molecule has 1 fully saturated rings. The molecule has 2 atom stereocenters. The average Bonchev–Trinajstić information content (AvgIpc) is 2.64. The number of hydrogen-bond acceptors (Lipinski definition) is 3. The molecular weight excluding hydrogens is 204 g/mol. The Balaban J connectivity index is 2.23. The van der Waals surface area contributed by atoms with Crippen molar-refractivity contribution in [1.82, 2.24) is 9.97 Å². The van der Waals surface area contributed by atoms with Crippen LogP contribution in [0.4, 0.5) is 0 Å². The van der Waals surface area contributed by atoms with Crippen molar-refractivity contribution in [3.8, 4) is 0 Å². The number of aryl methyl sites for hydroxylation is 1. The molecule has 1 aromatic heterocycles. The minimum absolute atomic E-state index is 0.0282. The predicted molar refractivity (Wildman–Crippen MR) is 61.4 cm³/mol. The van der Waals surface area contributed by atoms with Crippen molar-refractivity contribution in [1.29, 1.82) is 0 Å². The lowest BCUT2D eigenvalue weighted by atomic mass is 10.2. The highest BCUT2D eigenvalue weighted by Crippen LogP contribution is 2.29. The number of ether oxygens (including phenoxy) is 1. The molecule has 0 spiro atoms. The quantitative estimate of drug-likeness (QED) is 0.850. The Morgan fingerprint density at radius 3 is 3.00 bits per heavy atom. The first kappa shape index (κ1) is 11.3. The van der Waals surface area contributed by atoms with Gasteiger partial charge in [-0.15, -0.1) is 0 Å². The summed E-state index contributed by atoms with van der Waals surface area (Å²) in [5, 5.41) is 0. The number of rotatable bonds is 3. The van der Waals surface area contributed by atoms with Gasteiger partial charge in [0.15, 0.2) is 0 Å². The van der Waals surface area contributed by atoms with Crippen LogP contribution in [0.3, 0.4) is 0 Å². The van der Waals surface area contributed by atoms with E-state index in [9.17, 15) is 4.79 Å². The van der Waals surface area contributed by atoms with Crippen LogP contribution in [0.1, 0.15) is 50.7 Å². The van der Waals surface area contributed by atoms with Crippen molar-refractivity contribution in [3.05, 3.63) is 27.9 Å². The molecule has 0 radical (unpaired) electrons. The van der Waals surface area contributed by atoms with Crippen LogP contribution in [0.25, 0.3) is 0 Å². The summed E-state index contributed by atoms with van der Waals surface area (Å²) >= 11 is 0. The van der Waals surface area contributed by atoms with E-state index in [2.05, 4.69) is 16.9 Å². The SMILES string of the molecule is CCCc1cc(=O)[nH]c(C2CCC(C)O2)n1. The van der Waals surface area contributed by atoms with Gasteiger partial charge in [-0.25, -0.2) is 4.98 Å². The predicted octanol–water partition coefficient (Wildman–Crippen LogP) is 1.96. The summed E-state index contributed by atoms with van der Waals surface area (Å²) in [5.41, 5.74) is 0.793. The number of nitrogens with one attached hydrogen (secondary N) is 1. The zero-order valence-electron chi connectivity index (χ0n) is 9.82. The normalized spacial score (nSPS) is 24.9. The summed E-state index contributed by atoms with van der Waals surface area (Å²) in [6.45, 7) is 4.13. The third-order valence-electron chi connectivity index (χ3n) is 2.86. The number of H-pyrrole nitrogens is 1. The molecule has 1 N–H and O–H groups in total. The summed E-state index contributed by atoms with van der Waals surface area (Å²) in [7, 11) is 0. The lowest BCUT2D eigenvalue weighted by Gasteiger charge is -2.11. The fraction of sp³-hybridized carbons (Fsp3) is 0.667. The number of aromatic nitrogens is 2. The first-order chi connectivity index (χ1) is 7.69. The van der Waals surface area contributed by atoms with Crippen LogP contribution in [0.5, 0.6) is 0 Å². The first-order valence-corrected chi connectivity index (χ1v) is 5.94. The van der Waals surface area contributed by atoms with Crippen molar-refractivity contribution in [2.45, 2.75) is 51.7 Å². The number of hydrogen-bond donors (Lipinski definition) is 1. The van der Waals surface area contributed by atoms with Crippen molar-refractivity contribution in [2.75, 3.05) is 0 Å². The highest BCUT2D eigenvalue weighted by molar-refractivity contribution is 5.05. The van der Waals surface area contributed by atoms with E-state index in [1.807, 2.05) is 6.92 Å². The van der Waals surface area contributed by atoms with E-state index in [0.717, 1.165) is 31.4 Å². The van der Waals surface area contributed by atoms with Gasteiger partial charge in [-0.05, 0) is 26.2 Å². The molecule has 2 unspecified atom stereocenters. The van der Waals surface area contributed by atoms with Gasteiger partial charge in [0.1, 0.15) is 11.9 Å². The zero-order valence-corrected chi connectivity index (χ0v) is 9.82. The van der Waals surface area contributed by atoms with Crippen LogP contribution in [0, 0.1) is 0 Å². The molecular formula is C12H18N2O2. The van der Waals surface area contributed by atoms with E-state index in [-0.39, 0.29) is 17.8 Å².